The van der Waals surface area contributed by atoms with Crippen LogP contribution in [0.5, 0.6) is 0 Å². The van der Waals surface area contributed by atoms with Crippen molar-refractivity contribution in [2.45, 2.75) is 0 Å². The Labute approximate surface area is 51.7 Å². The van der Waals surface area contributed by atoms with Crippen molar-refractivity contribution in [3.8, 4) is 0 Å². The molecule has 5 heavy (non-hydrogen) atoms. The van der Waals surface area contributed by atoms with Crippen molar-refractivity contribution in [1.29, 1.82) is 0 Å². The molecule has 0 aromatic carbocycles. The van der Waals surface area contributed by atoms with E-state index in [0.29, 0.717) is 0 Å². The second-order valence-corrected chi connectivity index (χ2v) is 0.836. The van der Waals surface area contributed by atoms with E-state index < -0.39 is 0 Å². The van der Waals surface area contributed by atoms with Crippen molar-refractivity contribution >= 4 is 12.6 Å². The van der Waals surface area contributed by atoms with Gasteiger partial charge in [0.05, 0.1) is 0 Å². The Morgan fingerprint density at radius 2 is 2.00 bits per heavy atom. The molecule has 2 heteroatoms. The van der Waals surface area contributed by atoms with Gasteiger partial charge in [-0.15, -0.1) is 6.58 Å². The van der Waals surface area contributed by atoms with Crippen LogP contribution in [0.1, 0.15) is 0 Å². The summed E-state index contributed by atoms with van der Waals surface area (Å²) in [5, 5.41) is 0. The Morgan fingerprint density at radius 1 is 1.80 bits per heavy atom. The predicted molar refractivity (Wildman–Crippen MR) is 24.0 cm³/mol. The van der Waals surface area contributed by atoms with Gasteiger partial charge in [-0.1, -0.05) is 6.08 Å². The molecule has 0 radical (unpaired) electrons. The van der Waals surface area contributed by atoms with Crippen LogP contribution >= 0.6 is 12.6 Å². The summed E-state index contributed by atoms with van der Waals surface area (Å²) >= 11 is 3.80. The van der Waals surface area contributed by atoms with Crippen LogP contribution in [0.25, 0.3) is 0 Å². The minimum Gasteiger partial charge on any atom is -0.175 e. The fraction of sp³-hybridized carbons (Fsp3) is 0.333. The van der Waals surface area contributed by atoms with Gasteiger partial charge in [0.2, 0.25) is 0 Å². The van der Waals surface area contributed by atoms with E-state index in [-0.39, 0.29) is 20.4 Å². The maximum absolute atomic E-state index is 3.80. The Morgan fingerprint density at radius 3 is 2.00 bits per heavy atom. The van der Waals surface area contributed by atoms with Gasteiger partial charge in [0, 0.05) is 26.2 Å². The Bertz CT molecular complexity index is 20.9. The van der Waals surface area contributed by atoms with Gasteiger partial charge in [-0.3, -0.25) is 0 Å². The first-order valence-corrected chi connectivity index (χ1v) is 1.77. The minimum absolute atomic E-state index is 0. The molecule has 0 rings (SSSR count). The van der Waals surface area contributed by atoms with E-state index in [1.807, 2.05) is 0 Å². The van der Waals surface area contributed by atoms with Gasteiger partial charge in [0.15, 0.2) is 0 Å². The van der Waals surface area contributed by atoms with E-state index in [1.165, 1.54) is 0 Å². The van der Waals surface area contributed by atoms with E-state index in [4.69, 9.17) is 0 Å². The molecule has 0 N–H and O–H groups in total. The fourth-order valence-corrected chi connectivity index (χ4v) is 0. The van der Waals surface area contributed by atoms with E-state index >= 15 is 0 Å². The van der Waals surface area contributed by atoms with Gasteiger partial charge in [-0.25, -0.2) is 0 Å². The Hall–Kier alpha value is 0.752. The molecule has 0 unspecified atom stereocenters. The number of thiol groups is 1. The summed E-state index contributed by atoms with van der Waals surface area (Å²) < 4.78 is 0. The van der Waals surface area contributed by atoms with Crippen LogP contribution in [0.15, 0.2) is 12.7 Å². The summed E-state index contributed by atoms with van der Waals surface area (Å²) in [7, 11) is 0. The summed E-state index contributed by atoms with van der Waals surface area (Å²) in [5.41, 5.74) is 0. The van der Waals surface area contributed by atoms with Gasteiger partial charge in [-0.2, -0.15) is 12.6 Å². The van der Waals surface area contributed by atoms with Crippen LogP contribution in [0.3, 0.4) is 0 Å². The van der Waals surface area contributed by atoms with Crippen molar-refractivity contribution in [2.75, 3.05) is 5.75 Å². The first-order valence-electron chi connectivity index (χ1n) is 1.13. The molecule has 0 atom stereocenters. The summed E-state index contributed by atoms with van der Waals surface area (Å²) in [4.78, 5) is 0. The standard InChI is InChI=1S/C3H6S.Pd/c1-2-3-4;/h2,4H,1,3H2;. The zero-order valence-electron chi connectivity index (χ0n) is 2.76. The van der Waals surface area contributed by atoms with Crippen LogP contribution in [0.4, 0.5) is 0 Å². The molecule has 0 nitrogen and oxygen atoms in total. The maximum atomic E-state index is 3.80. The molecule has 0 fully saturated rings. The number of rotatable bonds is 1. The second kappa shape index (κ2) is 8.83. The van der Waals surface area contributed by atoms with Gasteiger partial charge in [0.1, 0.15) is 0 Å². The fourth-order valence-electron chi connectivity index (χ4n) is 0. The molecule has 0 amide bonds. The summed E-state index contributed by atoms with van der Waals surface area (Å²) in [6.45, 7) is 3.40. The van der Waals surface area contributed by atoms with Crippen LogP contribution in [-0.4, -0.2) is 5.75 Å². The molecule has 0 spiro atoms. The zero-order valence-corrected chi connectivity index (χ0v) is 5.20. The van der Waals surface area contributed by atoms with Crippen molar-refractivity contribution in [1.82, 2.24) is 0 Å². The third kappa shape index (κ3) is 11.7. The van der Waals surface area contributed by atoms with E-state index in [9.17, 15) is 0 Å². The topological polar surface area (TPSA) is 0 Å². The second-order valence-electron chi connectivity index (χ2n) is 0.471. The van der Waals surface area contributed by atoms with E-state index in [1.54, 1.807) is 6.08 Å². The van der Waals surface area contributed by atoms with Crippen LogP contribution < -0.4 is 0 Å². The first kappa shape index (κ1) is 9.23. The molecule has 0 bridgehead atoms. The van der Waals surface area contributed by atoms with Crippen molar-refractivity contribution < 1.29 is 20.4 Å². The monoisotopic (exact) mass is 180 g/mol. The predicted octanol–water partition coefficient (Wildman–Crippen LogP) is 1.10. The van der Waals surface area contributed by atoms with Crippen LogP contribution in [0.2, 0.25) is 0 Å². The summed E-state index contributed by atoms with van der Waals surface area (Å²) in [5.74, 6) is 0.778. The SMILES string of the molecule is C=CCS.[Pd]. The van der Waals surface area contributed by atoms with Crippen LogP contribution in [0, 0.1) is 0 Å². The van der Waals surface area contributed by atoms with Crippen molar-refractivity contribution in [2.24, 2.45) is 0 Å². The van der Waals surface area contributed by atoms with Gasteiger partial charge in [0.25, 0.3) is 0 Å². The molecule has 0 saturated heterocycles. The quantitative estimate of drug-likeness (QED) is 0.349. The first-order chi connectivity index (χ1) is 1.91. The van der Waals surface area contributed by atoms with Gasteiger partial charge in [-0.05, 0) is 0 Å². The third-order valence-electron chi connectivity index (χ3n) is 0.129. The smallest absolute Gasteiger partial charge is 0.00799 e. The number of hydrogen-bond acceptors (Lipinski definition) is 1. The normalized spacial score (nSPS) is 5.00. The molecule has 0 aliphatic heterocycles. The molecule has 0 aromatic heterocycles. The maximum Gasteiger partial charge on any atom is 0.00799 e. The molecule has 0 aliphatic carbocycles. The zero-order chi connectivity index (χ0) is 3.41. The molecule has 0 saturated carbocycles. The summed E-state index contributed by atoms with van der Waals surface area (Å²) in [6, 6.07) is 0. The van der Waals surface area contributed by atoms with Crippen molar-refractivity contribution in [3.63, 3.8) is 0 Å². The minimum atomic E-state index is 0. The van der Waals surface area contributed by atoms with E-state index in [0.717, 1.165) is 5.75 Å². The summed E-state index contributed by atoms with van der Waals surface area (Å²) in [6.07, 6.45) is 1.74. The Kier molecular flexibility index (Phi) is 16.3. The van der Waals surface area contributed by atoms with Gasteiger partial charge >= 0.3 is 0 Å². The molecule has 0 aromatic rings. The largest absolute Gasteiger partial charge is 0.175 e. The van der Waals surface area contributed by atoms with Crippen molar-refractivity contribution in [3.05, 3.63) is 12.7 Å². The average Bonchev–Trinajstić information content (AvgIpc) is 1.37. The molecule has 0 heterocycles. The third-order valence-corrected chi connectivity index (χ3v) is 0.387. The molecule has 34 valence electrons. The average molecular weight is 181 g/mol. The van der Waals surface area contributed by atoms with Crippen LogP contribution in [-0.2, 0) is 20.4 Å². The molecule has 0 aliphatic rings. The molecular formula is C3H6PdS. The molecular weight excluding hydrogens is 175 g/mol. The number of hydrogen-bond donors (Lipinski definition) is 1. The van der Waals surface area contributed by atoms with E-state index in [2.05, 4.69) is 19.2 Å². The van der Waals surface area contributed by atoms with Gasteiger partial charge < -0.3 is 0 Å². The Balaban J connectivity index is 0.